The highest BCUT2D eigenvalue weighted by atomic mass is 35.5. The normalized spacial score (nSPS) is 15.1. The van der Waals surface area contributed by atoms with Crippen molar-refractivity contribution >= 4 is 28.9 Å². The fourth-order valence-corrected chi connectivity index (χ4v) is 3.77. The van der Waals surface area contributed by atoms with Gasteiger partial charge in [0.05, 0.1) is 0 Å². The van der Waals surface area contributed by atoms with Gasteiger partial charge in [0, 0.05) is 35.8 Å². The molecule has 1 aliphatic carbocycles. The number of anilines is 1. The average molecular weight is 360 g/mol. The van der Waals surface area contributed by atoms with E-state index in [1.54, 1.807) is 6.20 Å². The van der Waals surface area contributed by atoms with Gasteiger partial charge in [0.1, 0.15) is 11.6 Å². The summed E-state index contributed by atoms with van der Waals surface area (Å²) in [7, 11) is 0. The molecule has 1 aromatic carbocycles. The first-order valence-corrected chi connectivity index (χ1v) is 8.31. The number of hydrogen-bond acceptors (Lipinski definition) is 4. The van der Waals surface area contributed by atoms with Gasteiger partial charge in [0.15, 0.2) is 5.13 Å². The van der Waals surface area contributed by atoms with E-state index in [9.17, 15) is 8.78 Å². The molecule has 1 aliphatic rings. The summed E-state index contributed by atoms with van der Waals surface area (Å²) >= 11 is 1.45. The molecule has 1 saturated carbocycles. The number of hydrogen-bond donors (Lipinski definition) is 1. The Morgan fingerprint density at radius 1 is 1.22 bits per heavy atom. The zero-order chi connectivity index (χ0) is 15.5. The van der Waals surface area contributed by atoms with Gasteiger partial charge in [-0.15, -0.1) is 23.7 Å². The number of halogens is 3. The molecular formula is C16H20ClF2N3S. The van der Waals surface area contributed by atoms with E-state index in [2.05, 4.69) is 9.88 Å². The van der Waals surface area contributed by atoms with Gasteiger partial charge < -0.3 is 5.73 Å². The molecule has 0 amide bonds. The number of rotatable bonds is 5. The Kier molecular flexibility index (Phi) is 6.33. The molecule has 7 heteroatoms. The Morgan fingerprint density at radius 3 is 2.61 bits per heavy atom. The van der Waals surface area contributed by atoms with Gasteiger partial charge in [-0.2, -0.15) is 0 Å². The third-order valence-electron chi connectivity index (χ3n) is 4.15. The predicted molar refractivity (Wildman–Crippen MR) is 91.6 cm³/mol. The number of nitrogens with zero attached hydrogens (tertiary/aromatic N) is 2. The van der Waals surface area contributed by atoms with E-state index in [4.69, 9.17) is 5.73 Å². The van der Waals surface area contributed by atoms with Gasteiger partial charge in [-0.05, 0) is 31.0 Å². The smallest absolute Gasteiger partial charge is 0.180 e. The molecule has 0 unspecified atom stereocenters. The zero-order valence-corrected chi connectivity index (χ0v) is 14.3. The Hall–Kier alpha value is -1.24. The van der Waals surface area contributed by atoms with Gasteiger partial charge in [-0.25, -0.2) is 13.8 Å². The summed E-state index contributed by atoms with van der Waals surface area (Å²) in [5.74, 6) is -0.752. The molecule has 2 N–H and O–H groups in total. The van der Waals surface area contributed by atoms with Gasteiger partial charge in [0.2, 0.25) is 0 Å². The van der Waals surface area contributed by atoms with E-state index in [-0.39, 0.29) is 18.2 Å². The summed E-state index contributed by atoms with van der Waals surface area (Å²) in [4.78, 5) is 7.35. The van der Waals surface area contributed by atoms with E-state index >= 15 is 0 Å². The summed E-state index contributed by atoms with van der Waals surface area (Å²) in [6.07, 6.45) is 6.36. The van der Waals surface area contributed by atoms with Gasteiger partial charge >= 0.3 is 0 Å². The second kappa shape index (κ2) is 8.04. The summed E-state index contributed by atoms with van der Waals surface area (Å²) in [5.41, 5.74) is 6.09. The minimum absolute atomic E-state index is 0. The van der Waals surface area contributed by atoms with Gasteiger partial charge in [0.25, 0.3) is 0 Å². The monoisotopic (exact) mass is 359 g/mol. The van der Waals surface area contributed by atoms with Crippen LogP contribution in [0.3, 0.4) is 0 Å². The van der Waals surface area contributed by atoms with Gasteiger partial charge in [-0.3, -0.25) is 4.90 Å². The minimum Gasteiger partial charge on any atom is -0.375 e. The lowest BCUT2D eigenvalue weighted by Gasteiger charge is -2.28. The Labute approximate surface area is 144 Å². The maximum Gasteiger partial charge on any atom is 0.180 e. The average Bonchev–Trinajstić information content (AvgIpc) is 3.14. The summed E-state index contributed by atoms with van der Waals surface area (Å²) in [5, 5.41) is 0.540. The van der Waals surface area contributed by atoms with Crippen LogP contribution in [-0.2, 0) is 13.1 Å². The van der Waals surface area contributed by atoms with Crippen molar-refractivity contribution in [3.63, 3.8) is 0 Å². The number of aromatic nitrogens is 1. The predicted octanol–water partition coefficient (Wildman–Crippen LogP) is 4.37. The first-order valence-electron chi connectivity index (χ1n) is 7.50. The third-order valence-corrected chi connectivity index (χ3v) is 4.96. The van der Waals surface area contributed by atoms with Crippen LogP contribution in [0.1, 0.15) is 36.1 Å². The fraction of sp³-hybridized carbons (Fsp3) is 0.438. The van der Waals surface area contributed by atoms with Crippen molar-refractivity contribution in [1.82, 2.24) is 9.88 Å². The maximum atomic E-state index is 13.9. The van der Waals surface area contributed by atoms with Crippen molar-refractivity contribution < 1.29 is 8.78 Å². The summed E-state index contributed by atoms with van der Waals surface area (Å²) < 4.78 is 27.3. The van der Waals surface area contributed by atoms with E-state index in [1.807, 2.05) is 0 Å². The highest BCUT2D eigenvalue weighted by Gasteiger charge is 2.24. The van der Waals surface area contributed by atoms with Crippen LogP contribution in [0.2, 0.25) is 0 Å². The Morgan fingerprint density at radius 2 is 1.96 bits per heavy atom. The number of nitrogen functional groups attached to an aromatic ring is 1. The van der Waals surface area contributed by atoms with Crippen LogP contribution in [0, 0.1) is 11.6 Å². The molecule has 2 aromatic rings. The van der Waals surface area contributed by atoms with Crippen LogP contribution in [-0.4, -0.2) is 15.9 Å². The number of nitrogens with two attached hydrogens (primary N) is 1. The highest BCUT2D eigenvalue weighted by molar-refractivity contribution is 7.15. The van der Waals surface area contributed by atoms with Crippen molar-refractivity contribution in [2.75, 3.05) is 5.73 Å². The molecule has 0 aliphatic heterocycles. The van der Waals surface area contributed by atoms with Crippen LogP contribution < -0.4 is 5.73 Å². The van der Waals surface area contributed by atoms with E-state index in [0.717, 1.165) is 23.8 Å². The third kappa shape index (κ3) is 4.62. The molecule has 1 aromatic heterocycles. The lowest BCUT2D eigenvalue weighted by atomic mass is 10.1. The lowest BCUT2D eigenvalue weighted by Crippen LogP contribution is -2.32. The minimum atomic E-state index is -0.398. The molecule has 23 heavy (non-hydrogen) atoms. The van der Waals surface area contributed by atoms with Crippen LogP contribution in [0.5, 0.6) is 0 Å². The molecule has 0 radical (unpaired) electrons. The highest BCUT2D eigenvalue weighted by Crippen LogP contribution is 2.28. The molecule has 1 heterocycles. The molecular weight excluding hydrogens is 340 g/mol. The number of thiazole rings is 1. The Balaban J connectivity index is 0.00000192. The van der Waals surface area contributed by atoms with Gasteiger partial charge in [-0.1, -0.05) is 12.8 Å². The second-order valence-corrected chi connectivity index (χ2v) is 6.89. The summed E-state index contributed by atoms with van der Waals surface area (Å²) in [6.45, 7) is 1.08. The molecule has 1 fully saturated rings. The fourth-order valence-electron chi connectivity index (χ4n) is 3.06. The van der Waals surface area contributed by atoms with E-state index in [1.165, 1.54) is 36.3 Å². The lowest BCUT2D eigenvalue weighted by molar-refractivity contribution is 0.179. The van der Waals surface area contributed by atoms with Crippen molar-refractivity contribution in [1.29, 1.82) is 0 Å². The molecule has 126 valence electrons. The quantitative estimate of drug-likeness (QED) is 0.861. The Bertz CT molecular complexity index is 644. The zero-order valence-electron chi connectivity index (χ0n) is 12.7. The first kappa shape index (κ1) is 18.1. The molecule has 0 bridgehead atoms. The molecule has 0 atom stereocenters. The number of benzene rings is 1. The van der Waals surface area contributed by atoms with Crippen LogP contribution >= 0.6 is 23.7 Å². The van der Waals surface area contributed by atoms with Crippen LogP contribution in [0.25, 0.3) is 0 Å². The second-order valence-electron chi connectivity index (χ2n) is 5.74. The van der Waals surface area contributed by atoms with Crippen LogP contribution in [0.4, 0.5) is 13.9 Å². The van der Waals surface area contributed by atoms with E-state index in [0.29, 0.717) is 29.8 Å². The summed E-state index contributed by atoms with van der Waals surface area (Å²) in [6, 6.07) is 4.05. The van der Waals surface area contributed by atoms with Crippen LogP contribution in [0.15, 0.2) is 24.4 Å². The standard InChI is InChI=1S/C16H19F2N3S.ClH/c17-12-5-6-15(18)11(7-12)9-21(13-3-1-2-4-13)10-14-8-20-16(19)22-14;/h5-8,13H,1-4,9-10H2,(H2,19,20);1H. The molecule has 0 spiro atoms. The SMILES string of the molecule is Cl.Nc1ncc(CN(Cc2cc(F)ccc2F)C2CCCC2)s1. The molecule has 0 saturated heterocycles. The largest absolute Gasteiger partial charge is 0.375 e. The molecule has 3 nitrogen and oxygen atoms in total. The molecule has 3 rings (SSSR count). The topological polar surface area (TPSA) is 42.1 Å². The first-order chi connectivity index (χ1) is 10.6. The van der Waals surface area contributed by atoms with Crippen molar-refractivity contribution in [2.24, 2.45) is 0 Å². The van der Waals surface area contributed by atoms with Crippen molar-refractivity contribution in [3.05, 3.63) is 46.5 Å². The van der Waals surface area contributed by atoms with Crippen molar-refractivity contribution in [2.45, 2.75) is 44.8 Å². The van der Waals surface area contributed by atoms with E-state index < -0.39 is 5.82 Å². The van der Waals surface area contributed by atoms with Crippen molar-refractivity contribution in [3.8, 4) is 0 Å². The maximum absolute atomic E-state index is 13.9.